The van der Waals surface area contributed by atoms with Gasteiger partial charge in [-0.3, -0.25) is 4.79 Å². The molecule has 0 heterocycles. The third kappa shape index (κ3) is 3.28. The van der Waals surface area contributed by atoms with Crippen molar-refractivity contribution in [3.8, 4) is 0 Å². The van der Waals surface area contributed by atoms with Crippen LogP contribution in [0.4, 0.5) is 0 Å². The molecular weight excluding hydrogens is 162 g/mol. The first-order valence-electron chi connectivity index (χ1n) is 4.42. The van der Waals surface area contributed by atoms with Crippen molar-refractivity contribution in [2.45, 2.75) is 6.42 Å². The van der Waals surface area contributed by atoms with E-state index in [-0.39, 0.29) is 11.8 Å². The molecule has 2 nitrogen and oxygen atoms in total. The predicted octanol–water partition coefficient (Wildman–Crippen LogP) is 1.76. The molecule has 70 valence electrons. The van der Waals surface area contributed by atoms with Crippen LogP contribution < -0.4 is 0 Å². The quantitative estimate of drug-likeness (QED) is 0.629. The first-order valence-corrected chi connectivity index (χ1v) is 4.42. The lowest BCUT2D eigenvalue weighted by atomic mass is 10.0. The van der Waals surface area contributed by atoms with E-state index in [2.05, 4.69) is 0 Å². The van der Waals surface area contributed by atoms with Gasteiger partial charge in [0, 0.05) is 26.4 Å². The van der Waals surface area contributed by atoms with Crippen LogP contribution in [0.25, 0.3) is 0 Å². The van der Waals surface area contributed by atoms with Crippen molar-refractivity contribution in [1.29, 1.82) is 0 Å². The summed E-state index contributed by atoms with van der Waals surface area (Å²) in [4.78, 5) is 13.0. The third-order valence-corrected chi connectivity index (χ3v) is 1.96. The number of nitrogens with zero attached hydrogens (tertiary/aromatic N) is 1. The van der Waals surface area contributed by atoms with Gasteiger partial charge >= 0.3 is 0 Å². The fourth-order valence-electron chi connectivity index (χ4n) is 1.13. The third-order valence-electron chi connectivity index (χ3n) is 1.96. The maximum atomic E-state index is 11.4. The fourth-order valence-corrected chi connectivity index (χ4v) is 1.13. The first-order chi connectivity index (χ1) is 6.20. The van der Waals surface area contributed by atoms with E-state index in [1.165, 1.54) is 0 Å². The Hall–Kier alpha value is -1.31. The summed E-state index contributed by atoms with van der Waals surface area (Å²) in [6.07, 6.45) is 12.5. The van der Waals surface area contributed by atoms with Crippen molar-refractivity contribution in [3.05, 3.63) is 36.5 Å². The summed E-state index contributed by atoms with van der Waals surface area (Å²) in [5.74, 6) is 0.408. The molecule has 2 heteroatoms. The van der Waals surface area contributed by atoms with E-state index in [1.54, 1.807) is 19.0 Å². The lowest BCUT2D eigenvalue weighted by Crippen LogP contribution is -2.23. The monoisotopic (exact) mass is 177 g/mol. The maximum Gasteiger partial charge on any atom is 0.222 e. The highest BCUT2D eigenvalue weighted by atomic mass is 16.2. The molecular formula is C11H15NO. The zero-order valence-electron chi connectivity index (χ0n) is 8.10. The molecule has 1 amide bonds. The standard InChI is InChI=1S/C11H15NO/c1-12(2)11(13)9-10-7-5-3-4-6-8-10/h3-8,10H,9H2,1-2H3. The molecule has 0 bridgehead atoms. The smallest absolute Gasteiger partial charge is 0.222 e. The zero-order chi connectivity index (χ0) is 9.68. The zero-order valence-corrected chi connectivity index (χ0v) is 8.10. The van der Waals surface area contributed by atoms with Gasteiger partial charge in [0.25, 0.3) is 0 Å². The Bertz CT molecular complexity index is 245. The highest BCUT2D eigenvalue weighted by molar-refractivity contribution is 5.76. The normalized spacial score (nSPS) is 15.8. The summed E-state index contributed by atoms with van der Waals surface area (Å²) in [6.45, 7) is 0. The molecule has 1 aliphatic carbocycles. The Morgan fingerprint density at radius 1 is 1.15 bits per heavy atom. The van der Waals surface area contributed by atoms with Crippen molar-refractivity contribution in [3.63, 3.8) is 0 Å². The number of hydrogen-bond donors (Lipinski definition) is 0. The van der Waals surface area contributed by atoms with Crippen molar-refractivity contribution in [2.24, 2.45) is 5.92 Å². The summed E-state index contributed by atoms with van der Waals surface area (Å²) in [5.41, 5.74) is 0. The Morgan fingerprint density at radius 2 is 1.69 bits per heavy atom. The minimum Gasteiger partial charge on any atom is -0.349 e. The molecule has 0 aromatic rings. The number of hydrogen-bond acceptors (Lipinski definition) is 1. The molecule has 0 saturated carbocycles. The second kappa shape index (κ2) is 4.65. The fraction of sp³-hybridized carbons (Fsp3) is 0.364. The van der Waals surface area contributed by atoms with Gasteiger partial charge in [-0.15, -0.1) is 0 Å². The summed E-state index contributed by atoms with van der Waals surface area (Å²) in [5, 5.41) is 0. The van der Waals surface area contributed by atoms with Gasteiger partial charge in [-0.1, -0.05) is 36.5 Å². The number of carbonyl (C=O) groups excluding carboxylic acids is 1. The molecule has 13 heavy (non-hydrogen) atoms. The molecule has 0 unspecified atom stereocenters. The lowest BCUT2D eigenvalue weighted by Gasteiger charge is -2.12. The van der Waals surface area contributed by atoms with Crippen LogP contribution >= 0.6 is 0 Å². The molecule has 1 rings (SSSR count). The van der Waals surface area contributed by atoms with E-state index in [9.17, 15) is 4.79 Å². The Labute approximate surface area is 79.2 Å². The molecule has 0 aliphatic heterocycles. The molecule has 0 radical (unpaired) electrons. The van der Waals surface area contributed by atoms with Crippen molar-refractivity contribution < 1.29 is 4.79 Å². The second-order valence-electron chi connectivity index (χ2n) is 3.31. The van der Waals surface area contributed by atoms with Crippen molar-refractivity contribution >= 4 is 5.91 Å². The van der Waals surface area contributed by atoms with Crippen LogP contribution in [0.1, 0.15) is 6.42 Å². The van der Waals surface area contributed by atoms with Crippen LogP contribution in [-0.2, 0) is 4.79 Å². The Morgan fingerprint density at radius 3 is 2.15 bits per heavy atom. The number of allylic oxidation sites excluding steroid dienone is 6. The molecule has 0 spiro atoms. The van der Waals surface area contributed by atoms with E-state index in [4.69, 9.17) is 0 Å². The van der Waals surface area contributed by atoms with Crippen LogP contribution in [0.2, 0.25) is 0 Å². The van der Waals surface area contributed by atoms with Crippen LogP contribution in [0.3, 0.4) is 0 Å². The van der Waals surface area contributed by atoms with Gasteiger partial charge in [0.2, 0.25) is 5.91 Å². The number of carbonyl (C=O) groups is 1. The highest BCUT2D eigenvalue weighted by Gasteiger charge is 2.09. The molecule has 0 fully saturated rings. The SMILES string of the molecule is CN(C)C(=O)CC1C=CC=CC=C1. The van der Waals surface area contributed by atoms with Gasteiger partial charge in [0.15, 0.2) is 0 Å². The van der Waals surface area contributed by atoms with E-state index in [1.807, 2.05) is 36.5 Å². The second-order valence-corrected chi connectivity index (χ2v) is 3.31. The van der Waals surface area contributed by atoms with Crippen LogP contribution in [0.5, 0.6) is 0 Å². The predicted molar refractivity (Wildman–Crippen MR) is 54.2 cm³/mol. The first kappa shape index (κ1) is 9.78. The Kier molecular flexibility index (Phi) is 3.50. The van der Waals surface area contributed by atoms with Gasteiger partial charge < -0.3 is 4.90 Å². The minimum atomic E-state index is 0.168. The van der Waals surface area contributed by atoms with E-state index in [0.29, 0.717) is 6.42 Å². The lowest BCUT2D eigenvalue weighted by molar-refractivity contribution is -0.129. The molecule has 0 saturated heterocycles. The Balaban J connectivity index is 2.50. The van der Waals surface area contributed by atoms with Crippen molar-refractivity contribution in [1.82, 2.24) is 4.90 Å². The molecule has 0 aromatic heterocycles. The highest BCUT2D eigenvalue weighted by Crippen LogP contribution is 2.11. The van der Waals surface area contributed by atoms with E-state index < -0.39 is 0 Å². The van der Waals surface area contributed by atoms with Gasteiger partial charge in [-0.2, -0.15) is 0 Å². The van der Waals surface area contributed by atoms with Crippen LogP contribution in [-0.4, -0.2) is 24.9 Å². The van der Waals surface area contributed by atoms with Gasteiger partial charge in [-0.05, 0) is 0 Å². The summed E-state index contributed by atoms with van der Waals surface area (Å²) < 4.78 is 0. The maximum absolute atomic E-state index is 11.4. The summed E-state index contributed by atoms with van der Waals surface area (Å²) >= 11 is 0. The van der Waals surface area contributed by atoms with Gasteiger partial charge in [0.05, 0.1) is 0 Å². The van der Waals surface area contributed by atoms with E-state index >= 15 is 0 Å². The molecule has 0 atom stereocenters. The van der Waals surface area contributed by atoms with Crippen LogP contribution in [0, 0.1) is 5.92 Å². The number of rotatable bonds is 2. The average molecular weight is 177 g/mol. The summed E-state index contributed by atoms with van der Waals surface area (Å²) in [6, 6.07) is 0. The minimum absolute atomic E-state index is 0.168. The van der Waals surface area contributed by atoms with E-state index in [0.717, 1.165) is 0 Å². The average Bonchev–Trinajstić information content (AvgIpc) is 2.32. The molecule has 0 N–H and O–H groups in total. The number of amides is 1. The summed E-state index contributed by atoms with van der Waals surface area (Å²) in [7, 11) is 3.56. The topological polar surface area (TPSA) is 20.3 Å². The van der Waals surface area contributed by atoms with Gasteiger partial charge in [-0.25, -0.2) is 0 Å². The molecule has 1 aliphatic rings. The van der Waals surface area contributed by atoms with Gasteiger partial charge in [0.1, 0.15) is 0 Å². The van der Waals surface area contributed by atoms with Crippen LogP contribution in [0.15, 0.2) is 36.5 Å². The largest absolute Gasteiger partial charge is 0.349 e. The van der Waals surface area contributed by atoms with Crippen molar-refractivity contribution in [2.75, 3.05) is 14.1 Å². The molecule has 0 aromatic carbocycles.